The lowest BCUT2D eigenvalue weighted by molar-refractivity contribution is -0.140. The number of carboxylic acid groups (broad SMARTS) is 1. The first-order valence-corrected chi connectivity index (χ1v) is 9.59. The Morgan fingerprint density at radius 2 is 1.75 bits per heavy atom. The monoisotopic (exact) mass is 381 g/mol. The number of carbonyl (C=O) groups is 2. The second-order valence-electron chi connectivity index (χ2n) is 7.23. The van der Waals surface area contributed by atoms with Crippen molar-refractivity contribution in [3.05, 3.63) is 59.7 Å². The summed E-state index contributed by atoms with van der Waals surface area (Å²) < 4.78 is 10.9. The summed E-state index contributed by atoms with van der Waals surface area (Å²) in [5.74, 6) is -1.14. The van der Waals surface area contributed by atoms with Gasteiger partial charge in [-0.3, -0.25) is 0 Å². The highest BCUT2D eigenvalue weighted by Gasteiger charge is 2.30. The lowest BCUT2D eigenvalue weighted by atomic mass is 9.98. The highest BCUT2D eigenvalue weighted by molar-refractivity contribution is 5.81. The minimum atomic E-state index is -1.08. The first kappa shape index (κ1) is 18.5. The van der Waals surface area contributed by atoms with Crippen LogP contribution in [0.1, 0.15) is 36.3 Å². The number of carbonyl (C=O) groups excluding carboxylic acids is 1. The maximum Gasteiger partial charge on any atom is 0.407 e. The van der Waals surface area contributed by atoms with E-state index in [-0.39, 0.29) is 25.0 Å². The van der Waals surface area contributed by atoms with Gasteiger partial charge in [0.15, 0.2) is 0 Å². The lowest BCUT2D eigenvalue weighted by Crippen LogP contribution is -2.43. The molecule has 0 saturated carbocycles. The Morgan fingerprint density at radius 3 is 2.32 bits per heavy atom. The van der Waals surface area contributed by atoms with E-state index in [2.05, 4.69) is 17.4 Å². The van der Waals surface area contributed by atoms with Gasteiger partial charge in [-0.05, 0) is 35.1 Å². The van der Waals surface area contributed by atoms with E-state index < -0.39 is 18.1 Å². The summed E-state index contributed by atoms with van der Waals surface area (Å²) in [7, 11) is 0. The van der Waals surface area contributed by atoms with E-state index in [1.54, 1.807) is 0 Å². The number of amides is 1. The van der Waals surface area contributed by atoms with E-state index in [0.29, 0.717) is 6.61 Å². The SMILES string of the molecule is O=C(N[C@H](C[C@H]1CCCO1)C(=O)O)OCC1c2ccccc2-c2ccccc21. The van der Waals surface area contributed by atoms with Gasteiger partial charge in [-0.15, -0.1) is 0 Å². The van der Waals surface area contributed by atoms with Gasteiger partial charge in [0.1, 0.15) is 12.6 Å². The molecule has 1 amide bonds. The van der Waals surface area contributed by atoms with Crippen molar-refractivity contribution < 1.29 is 24.2 Å². The second kappa shape index (κ2) is 8.02. The topological polar surface area (TPSA) is 84.9 Å². The fourth-order valence-electron chi connectivity index (χ4n) is 4.10. The van der Waals surface area contributed by atoms with E-state index in [1.165, 1.54) is 0 Å². The summed E-state index contributed by atoms with van der Waals surface area (Å²) in [6, 6.07) is 15.1. The maximum atomic E-state index is 12.3. The van der Waals surface area contributed by atoms with Crippen LogP contribution in [0.15, 0.2) is 48.5 Å². The van der Waals surface area contributed by atoms with Crippen molar-refractivity contribution in [2.45, 2.75) is 37.3 Å². The summed E-state index contributed by atoms with van der Waals surface area (Å²) in [5.41, 5.74) is 4.53. The number of rotatable bonds is 6. The Morgan fingerprint density at radius 1 is 1.11 bits per heavy atom. The predicted molar refractivity (Wildman–Crippen MR) is 103 cm³/mol. The number of benzene rings is 2. The fraction of sp³-hybridized carbons (Fsp3) is 0.364. The summed E-state index contributed by atoms with van der Waals surface area (Å²) >= 11 is 0. The molecule has 2 aromatic carbocycles. The van der Waals surface area contributed by atoms with Crippen LogP contribution in [0.2, 0.25) is 0 Å². The van der Waals surface area contributed by atoms with Crippen molar-refractivity contribution >= 4 is 12.1 Å². The lowest BCUT2D eigenvalue weighted by Gasteiger charge is -2.19. The standard InChI is InChI=1S/C22H23NO5/c24-21(25)20(12-14-6-5-11-27-14)23-22(26)28-13-19-17-9-3-1-7-15(17)16-8-2-4-10-18(16)19/h1-4,7-10,14,19-20H,5-6,11-13H2,(H,23,26)(H,24,25)/t14-,20-/m1/s1. The Labute approximate surface area is 163 Å². The third-order valence-corrected chi connectivity index (χ3v) is 5.46. The minimum absolute atomic E-state index is 0.0559. The third-order valence-electron chi connectivity index (χ3n) is 5.46. The molecule has 1 saturated heterocycles. The molecule has 2 atom stereocenters. The zero-order valence-electron chi connectivity index (χ0n) is 15.5. The molecule has 0 aromatic heterocycles. The summed E-state index contributed by atoms with van der Waals surface area (Å²) in [6.45, 7) is 0.800. The average Bonchev–Trinajstić information content (AvgIpc) is 3.32. The summed E-state index contributed by atoms with van der Waals surface area (Å²) in [6.07, 6.45) is 1.14. The number of aliphatic carboxylic acids is 1. The molecular weight excluding hydrogens is 358 g/mol. The third kappa shape index (κ3) is 3.73. The van der Waals surface area contributed by atoms with Crippen LogP contribution in [-0.2, 0) is 14.3 Å². The highest BCUT2D eigenvalue weighted by Crippen LogP contribution is 2.44. The predicted octanol–water partition coefficient (Wildman–Crippen LogP) is 3.55. The molecule has 1 fully saturated rings. The smallest absolute Gasteiger partial charge is 0.407 e. The molecule has 6 nitrogen and oxygen atoms in total. The molecule has 1 aliphatic heterocycles. The first-order chi connectivity index (χ1) is 13.6. The number of nitrogens with one attached hydrogen (secondary N) is 1. The van der Waals surface area contributed by atoms with E-state index in [4.69, 9.17) is 9.47 Å². The number of carboxylic acids is 1. The molecule has 1 aliphatic carbocycles. The van der Waals surface area contributed by atoms with Gasteiger partial charge in [-0.2, -0.15) is 0 Å². The number of ether oxygens (including phenoxy) is 2. The molecule has 6 heteroatoms. The van der Waals surface area contributed by atoms with Crippen molar-refractivity contribution in [3.63, 3.8) is 0 Å². The van der Waals surface area contributed by atoms with Gasteiger partial charge in [0.2, 0.25) is 0 Å². The fourth-order valence-corrected chi connectivity index (χ4v) is 4.10. The molecule has 2 aliphatic rings. The van der Waals surface area contributed by atoms with Gasteiger partial charge in [-0.1, -0.05) is 48.5 Å². The van der Waals surface area contributed by atoms with Gasteiger partial charge < -0.3 is 19.9 Å². The van der Waals surface area contributed by atoms with Crippen molar-refractivity contribution in [3.8, 4) is 11.1 Å². The zero-order valence-corrected chi connectivity index (χ0v) is 15.5. The van der Waals surface area contributed by atoms with Crippen LogP contribution in [-0.4, -0.2) is 42.5 Å². The molecule has 2 N–H and O–H groups in total. The molecule has 4 rings (SSSR count). The van der Waals surface area contributed by atoms with Crippen LogP contribution < -0.4 is 5.32 Å². The van der Waals surface area contributed by atoms with E-state index in [0.717, 1.165) is 35.1 Å². The van der Waals surface area contributed by atoms with Crippen LogP contribution in [0, 0.1) is 0 Å². The molecule has 0 radical (unpaired) electrons. The van der Waals surface area contributed by atoms with Gasteiger partial charge in [-0.25, -0.2) is 9.59 Å². The average molecular weight is 381 g/mol. The number of hydrogen-bond donors (Lipinski definition) is 2. The number of fused-ring (bicyclic) bond motifs is 3. The van der Waals surface area contributed by atoms with E-state index >= 15 is 0 Å². The largest absolute Gasteiger partial charge is 0.480 e. The number of hydrogen-bond acceptors (Lipinski definition) is 4. The molecule has 0 spiro atoms. The van der Waals surface area contributed by atoms with Crippen LogP contribution in [0.5, 0.6) is 0 Å². The molecule has 0 unspecified atom stereocenters. The Hall–Kier alpha value is -2.86. The highest BCUT2D eigenvalue weighted by atomic mass is 16.5. The molecule has 146 valence electrons. The van der Waals surface area contributed by atoms with E-state index in [1.807, 2.05) is 36.4 Å². The Bertz CT molecular complexity index is 829. The summed E-state index contributed by atoms with van der Waals surface area (Å²) in [4.78, 5) is 23.8. The first-order valence-electron chi connectivity index (χ1n) is 9.59. The molecular formula is C22H23NO5. The Balaban J connectivity index is 1.41. The summed E-state index contributed by atoms with van der Waals surface area (Å²) in [5, 5.41) is 11.9. The Kier molecular flexibility index (Phi) is 5.30. The minimum Gasteiger partial charge on any atom is -0.480 e. The van der Waals surface area contributed by atoms with Crippen molar-refractivity contribution in [2.24, 2.45) is 0 Å². The van der Waals surface area contributed by atoms with Crippen LogP contribution in [0.3, 0.4) is 0 Å². The van der Waals surface area contributed by atoms with Crippen molar-refractivity contribution in [1.82, 2.24) is 5.32 Å². The van der Waals surface area contributed by atoms with Gasteiger partial charge in [0, 0.05) is 18.9 Å². The van der Waals surface area contributed by atoms with Crippen LogP contribution >= 0.6 is 0 Å². The molecule has 0 bridgehead atoms. The van der Waals surface area contributed by atoms with Gasteiger partial charge in [0.25, 0.3) is 0 Å². The maximum absolute atomic E-state index is 12.3. The van der Waals surface area contributed by atoms with Gasteiger partial charge >= 0.3 is 12.1 Å². The van der Waals surface area contributed by atoms with Crippen molar-refractivity contribution in [2.75, 3.05) is 13.2 Å². The molecule has 1 heterocycles. The zero-order chi connectivity index (χ0) is 19.5. The van der Waals surface area contributed by atoms with Gasteiger partial charge in [0.05, 0.1) is 6.10 Å². The van der Waals surface area contributed by atoms with Crippen molar-refractivity contribution in [1.29, 1.82) is 0 Å². The van der Waals surface area contributed by atoms with Crippen LogP contribution in [0.25, 0.3) is 11.1 Å². The van der Waals surface area contributed by atoms with Crippen LogP contribution in [0.4, 0.5) is 4.79 Å². The second-order valence-corrected chi connectivity index (χ2v) is 7.23. The molecule has 28 heavy (non-hydrogen) atoms. The number of alkyl carbamates (subject to hydrolysis) is 1. The normalized spacial score (nSPS) is 18.9. The molecule has 2 aromatic rings. The quantitative estimate of drug-likeness (QED) is 0.799. The van der Waals surface area contributed by atoms with E-state index in [9.17, 15) is 14.7 Å².